The molecule has 1 heterocycles. The summed E-state index contributed by atoms with van der Waals surface area (Å²) in [6, 6.07) is 17.2. The Morgan fingerprint density at radius 3 is 2.57 bits per heavy atom. The maximum atomic E-state index is 11.9. The number of carbonyl (C=O) groups is 1. The fourth-order valence-corrected chi connectivity index (χ4v) is 3.25. The van der Waals surface area contributed by atoms with Crippen LogP contribution in [0.4, 0.5) is 0 Å². The summed E-state index contributed by atoms with van der Waals surface area (Å²) < 4.78 is 10.6. The van der Waals surface area contributed by atoms with E-state index in [2.05, 4.69) is 10.5 Å². The first-order valence-electron chi connectivity index (χ1n) is 8.92. The van der Waals surface area contributed by atoms with E-state index in [-0.39, 0.29) is 12.5 Å². The number of hydroxylamine groups is 1. The maximum Gasteiger partial charge on any atom is 0.243 e. The summed E-state index contributed by atoms with van der Waals surface area (Å²) >= 11 is 1.54. The molecular weight excluding hydrogens is 376 g/mol. The minimum absolute atomic E-state index is 0.180. The lowest BCUT2D eigenvalue weighted by Crippen LogP contribution is -2.26. The van der Waals surface area contributed by atoms with Gasteiger partial charge in [-0.1, -0.05) is 18.2 Å². The number of aromatic nitrogens is 1. The number of aryl methyl sites for hydroxylation is 1. The fourth-order valence-electron chi connectivity index (χ4n) is 2.44. The summed E-state index contributed by atoms with van der Waals surface area (Å²) in [5.74, 6) is 1.40. The van der Waals surface area contributed by atoms with E-state index in [4.69, 9.17) is 14.3 Å². The lowest BCUT2D eigenvalue weighted by Gasteiger charge is -2.07. The Morgan fingerprint density at radius 2 is 1.82 bits per heavy atom. The molecule has 7 heteroatoms. The molecule has 0 aliphatic rings. The Balaban J connectivity index is 1.35. The average Bonchev–Trinajstić information content (AvgIpc) is 3.22. The van der Waals surface area contributed by atoms with E-state index in [1.807, 2.05) is 60.0 Å². The molecular formula is C21H22N2O4S. The van der Waals surface area contributed by atoms with Crippen LogP contribution in [0.3, 0.4) is 0 Å². The molecule has 1 amide bonds. The molecule has 0 atom stereocenters. The third-order valence-electron chi connectivity index (χ3n) is 3.89. The molecule has 0 spiro atoms. The van der Waals surface area contributed by atoms with Gasteiger partial charge in [0, 0.05) is 23.8 Å². The Hall–Kier alpha value is -2.90. The molecule has 0 bridgehead atoms. The molecule has 1 aromatic heterocycles. The van der Waals surface area contributed by atoms with E-state index in [1.54, 1.807) is 18.4 Å². The highest BCUT2D eigenvalue weighted by Gasteiger charge is 2.08. The summed E-state index contributed by atoms with van der Waals surface area (Å²) in [5, 5.41) is 2.90. The first kappa shape index (κ1) is 19.9. The van der Waals surface area contributed by atoms with Crippen molar-refractivity contribution in [2.45, 2.75) is 12.8 Å². The number of nitrogens with one attached hydrogen (secondary N) is 1. The van der Waals surface area contributed by atoms with Crippen LogP contribution in [0.1, 0.15) is 11.4 Å². The normalized spacial score (nSPS) is 10.5. The molecule has 28 heavy (non-hydrogen) atoms. The molecule has 2 aromatic carbocycles. The molecule has 0 fully saturated rings. The van der Waals surface area contributed by atoms with Crippen LogP contribution in [0.25, 0.3) is 11.3 Å². The van der Waals surface area contributed by atoms with Crippen molar-refractivity contribution in [2.75, 3.05) is 20.3 Å². The van der Waals surface area contributed by atoms with Gasteiger partial charge in [-0.2, -0.15) is 0 Å². The predicted octanol–water partition coefficient (Wildman–Crippen LogP) is 3.88. The van der Waals surface area contributed by atoms with Gasteiger partial charge in [-0.25, -0.2) is 10.5 Å². The van der Waals surface area contributed by atoms with Crippen molar-refractivity contribution in [3.8, 4) is 22.8 Å². The first-order chi connectivity index (χ1) is 13.7. The van der Waals surface area contributed by atoms with Gasteiger partial charge in [0.15, 0.2) is 0 Å². The molecule has 0 aliphatic heterocycles. The monoisotopic (exact) mass is 398 g/mol. The maximum absolute atomic E-state index is 11.9. The molecule has 6 nitrogen and oxygen atoms in total. The van der Waals surface area contributed by atoms with E-state index in [1.165, 1.54) is 0 Å². The van der Waals surface area contributed by atoms with E-state index in [0.29, 0.717) is 19.4 Å². The number of amides is 1. The summed E-state index contributed by atoms with van der Waals surface area (Å²) in [6.45, 7) is 0.640. The van der Waals surface area contributed by atoms with Crippen LogP contribution in [0, 0.1) is 0 Å². The topological polar surface area (TPSA) is 69.7 Å². The zero-order chi connectivity index (χ0) is 19.6. The SMILES string of the molecule is COc1ccc(-c2csc(CCC(=O)NOCCOc3ccccc3)n2)cc1. The Labute approximate surface area is 168 Å². The van der Waals surface area contributed by atoms with Crippen LogP contribution in [0.5, 0.6) is 11.5 Å². The van der Waals surface area contributed by atoms with Gasteiger partial charge in [0.25, 0.3) is 0 Å². The number of benzene rings is 2. The standard InChI is InChI=1S/C21H22N2O4S/c1-25-17-9-7-16(8-10-17)19-15-28-21(22-19)12-11-20(24)23-27-14-13-26-18-5-3-2-4-6-18/h2-10,15H,11-14H2,1H3,(H,23,24). The van der Waals surface area contributed by atoms with Crippen molar-refractivity contribution in [2.24, 2.45) is 0 Å². The van der Waals surface area contributed by atoms with E-state index >= 15 is 0 Å². The number of hydrogen-bond acceptors (Lipinski definition) is 6. The number of methoxy groups -OCH3 is 1. The van der Waals surface area contributed by atoms with Gasteiger partial charge < -0.3 is 9.47 Å². The van der Waals surface area contributed by atoms with E-state index in [9.17, 15) is 4.79 Å². The summed E-state index contributed by atoms with van der Waals surface area (Å²) in [4.78, 5) is 21.6. The van der Waals surface area contributed by atoms with Crippen molar-refractivity contribution in [1.82, 2.24) is 10.5 Å². The first-order valence-corrected chi connectivity index (χ1v) is 9.80. The van der Waals surface area contributed by atoms with Gasteiger partial charge in [-0.15, -0.1) is 11.3 Å². The van der Waals surface area contributed by atoms with Crippen molar-refractivity contribution in [3.63, 3.8) is 0 Å². The van der Waals surface area contributed by atoms with Gasteiger partial charge in [-0.3, -0.25) is 9.63 Å². The van der Waals surface area contributed by atoms with Crippen LogP contribution in [0.15, 0.2) is 60.0 Å². The molecule has 0 aliphatic carbocycles. The van der Waals surface area contributed by atoms with Crippen molar-refractivity contribution < 1.29 is 19.1 Å². The summed E-state index contributed by atoms with van der Waals surface area (Å²) in [6.07, 6.45) is 0.881. The molecule has 1 N–H and O–H groups in total. The second-order valence-electron chi connectivity index (χ2n) is 5.89. The summed E-state index contributed by atoms with van der Waals surface area (Å²) in [7, 11) is 1.64. The smallest absolute Gasteiger partial charge is 0.243 e. The van der Waals surface area contributed by atoms with Crippen LogP contribution in [-0.4, -0.2) is 31.2 Å². The number of nitrogens with zero attached hydrogens (tertiary/aromatic N) is 1. The second-order valence-corrected chi connectivity index (χ2v) is 6.83. The molecule has 0 saturated heterocycles. The molecule has 0 saturated carbocycles. The van der Waals surface area contributed by atoms with Gasteiger partial charge in [-0.05, 0) is 36.4 Å². The highest BCUT2D eigenvalue weighted by Crippen LogP contribution is 2.24. The quantitative estimate of drug-likeness (QED) is 0.415. The fraction of sp³-hybridized carbons (Fsp3) is 0.238. The van der Waals surface area contributed by atoms with Crippen molar-refractivity contribution in [3.05, 3.63) is 65.0 Å². The van der Waals surface area contributed by atoms with E-state index in [0.717, 1.165) is 27.8 Å². The average molecular weight is 398 g/mol. The number of para-hydroxylation sites is 1. The largest absolute Gasteiger partial charge is 0.497 e. The molecule has 0 unspecified atom stereocenters. The van der Waals surface area contributed by atoms with Crippen LogP contribution >= 0.6 is 11.3 Å². The highest BCUT2D eigenvalue weighted by molar-refractivity contribution is 7.09. The Morgan fingerprint density at radius 1 is 1.04 bits per heavy atom. The van der Waals surface area contributed by atoms with Crippen molar-refractivity contribution in [1.29, 1.82) is 0 Å². The van der Waals surface area contributed by atoms with Gasteiger partial charge in [0.2, 0.25) is 5.91 Å². The lowest BCUT2D eigenvalue weighted by molar-refractivity contribution is -0.134. The highest BCUT2D eigenvalue weighted by atomic mass is 32.1. The number of ether oxygens (including phenoxy) is 2. The Kier molecular flexibility index (Phi) is 7.40. The molecule has 3 aromatic rings. The molecule has 0 radical (unpaired) electrons. The Bertz CT molecular complexity index is 866. The number of carbonyl (C=O) groups excluding carboxylic acids is 1. The van der Waals surface area contributed by atoms with Gasteiger partial charge in [0.05, 0.1) is 17.8 Å². The number of thiazole rings is 1. The molecule has 3 rings (SSSR count). The number of hydrogen-bond donors (Lipinski definition) is 1. The zero-order valence-corrected chi connectivity index (χ0v) is 16.4. The van der Waals surface area contributed by atoms with E-state index < -0.39 is 0 Å². The third-order valence-corrected chi connectivity index (χ3v) is 4.80. The third kappa shape index (κ3) is 6.07. The minimum Gasteiger partial charge on any atom is -0.497 e. The van der Waals surface area contributed by atoms with Crippen LogP contribution in [-0.2, 0) is 16.1 Å². The zero-order valence-electron chi connectivity index (χ0n) is 15.6. The predicted molar refractivity (Wildman–Crippen MR) is 108 cm³/mol. The van der Waals surface area contributed by atoms with Crippen LogP contribution in [0.2, 0.25) is 0 Å². The second kappa shape index (κ2) is 10.4. The number of rotatable bonds is 10. The van der Waals surface area contributed by atoms with Gasteiger partial charge >= 0.3 is 0 Å². The minimum atomic E-state index is -0.180. The summed E-state index contributed by atoms with van der Waals surface area (Å²) in [5.41, 5.74) is 4.36. The van der Waals surface area contributed by atoms with Crippen LogP contribution < -0.4 is 15.0 Å². The lowest BCUT2D eigenvalue weighted by atomic mass is 10.2. The van der Waals surface area contributed by atoms with Crippen molar-refractivity contribution >= 4 is 17.2 Å². The van der Waals surface area contributed by atoms with Gasteiger partial charge in [0.1, 0.15) is 24.7 Å². The molecule has 146 valence electrons.